The molecule has 4 rings (SSSR count). The Hall–Kier alpha value is -4.34. The molecule has 1 N–H and O–H groups in total. The first kappa shape index (κ1) is 27.7. The number of hydrogen-bond donors (Lipinski definition) is 1. The molecule has 0 spiro atoms. The maximum atomic E-state index is 13.2. The fourth-order valence-electron chi connectivity index (χ4n) is 4.43. The van der Waals surface area contributed by atoms with E-state index in [4.69, 9.17) is 32.8 Å². The van der Waals surface area contributed by atoms with Crippen molar-refractivity contribution in [1.29, 1.82) is 0 Å². The van der Waals surface area contributed by atoms with E-state index in [1.165, 1.54) is 38.7 Å². The number of ether oxygens (including phenoxy) is 6. The molecule has 2 heterocycles. The molecule has 3 aromatic rings. The zero-order valence-electron chi connectivity index (χ0n) is 22.8. The van der Waals surface area contributed by atoms with E-state index >= 15 is 0 Å². The molecule has 10 heteroatoms. The van der Waals surface area contributed by atoms with Crippen molar-refractivity contribution in [2.45, 2.75) is 46.3 Å². The van der Waals surface area contributed by atoms with Crippen LogP contribution in [0.3, 0.4) is 0 Å². The summed E-state index contributed by atoms with van der Waals surface area (Å²) in [7, 11) is 2.89. The van der Waals surface area contributed by atoms with Gasteiger partial charge in [-0.3, -0.25) is 4.79 Å². The summed E-state index contributed by atoms with van der Waals surface area (Å²) in [6, 6.07) is 5.77. The van der Waals surface area contributed by atoms with Crippen molar-refractivity contribution < 1.29 is 42.7 Å². The summed E-state index contributed by atoms with van der Waals surface area (Å²) < 4.78 is 39.3. The normalized spacial score (nSPS) is 13.8. The second kappa shape index (κ2) is 11.2. The van der Waals surface area contributed by atoms with E-state index < -0.39 is 17.2 Å². The molecule has 1 aliphatic heterocycles. The number of methoxy groups -OCH3 is 2. The highest BCUT2D eigenvalue weighted by Gasteiger charge is 2.29. The Morgan fingerprint density at radius 1 is 1.08 bits per heavy atom. The standard InChI is InChI=1S/C29H32O10/c1-7-9-18-19(12-24(33-5)27(34-6)25(18)28(32)35-8-2)22-13-21(31)26-20(30)10-16(11-23(26)38-22)36-14-17-15-37-29(3,4)39-17/h10-13,15,30H,7-9,14H2,1-6H3. The molecule has 0 unspecified atom stereocenters. The largest absolute Gasteiger partial charge is 0.507 e. The monoisotopic (exact) mass is 540 g/mol. The molecule has 0 fully saturated rings. The molecule has 0 aliphatic carbocycles. The number of fused-ring (bicyclic) bond motifs is 1. The van der Waals surface area contributed by atoms with E-state index in [1.54, 1.807) is 26.8 Å². The lowest BCUT2D eigenvalue weighted by molar-refractivity contribution is -0.119. The van der Waals surface area contributed by atoms with Gasteiger partial charge in [-0.2, -0.15) is 0 Å². The summed E-state index contributed by atoms with van der Waals surface area (Å²) in [6.45, 7) is 7.41. The van der Waals surface area contributed by atoms with Gasteiger partial charge in [-0.05, 0) is 25.0 Å². The van der Waals surface area contributed by atoms with Gasteiger partial charge in [-0.25, -0.2) is 4.79 Å². The van der Waals surface area contributed by atoms with Gasteiger partial charge < -0.3 is 37.9 Å². The van der Waals surface area contributed by atoms with Crippen molar-refractivity contribution in [2.24, 2.45) is 0 Å². The SMILES string of the molecule is CCCc1c(-c2cc(=O)c3c(O)cc(OCC4=COC(C)(C)O4)cc3o2)cc(OC)c(OC)c1C(=O)OCC. The van der Waals surface area contributed by atoms with E-state index in [2.05, 4.69) is 0 Å². The molecule has 0 bridgehead atoms. The van der Waals surface area contributed by atoms with E-state index in [-0.39, 0.29) is 58.5 Å². The average Bonchev–Trinajstić information content (AvgIpc) is 3.25. The van der Waals surface area contributed by atoms with Crippen molar-refractivity contribution in [3.63, 3.8) is 0 Å². The van der Waals surface area contributed by atoms with Gasteiger partial charge in [0.05, 0.1) is 20.8 Å². The number of rotatable bonds is 10. The van der Waals surface area contributed by atoms with E-state index in [9.17, 15) is 14.7 Å². The molecule has 0 saturated heterocycles. The van der Waals surface area contributed by atoms with E-state index in [1.807, 2.05) is 6.92 Å². The highest BCUT2D eigenvalue weighted by Crippen LogP contribution is 2.42. The summed E-state index contributed by atoms with van der Waals surface area (Å²) >= 11 is 0. The summed E-state index contributed by atoms with van der Waals surface area (Å²) in [4.78, 5) is 26.2. The van der Waals surface area contributed by atoms with Crippen molar-refractivity contribution in [3.8, 4) is 34.3 Å². The molecular formula is C29H32O10. The van der Waals surface area contributed by atoms with Crippen LogP contribution in [0, 0.1) is 0 Å². The Labute approximate surface area is 225 Å². The van der Waals surface area contributed by atoms with Crippen LogP contribution in [0.25, 0.3) is 22.3 Å². The second-order valence-electron chi connectivity index (χ2n) is 9.27. The molecule has 1 aromatic heterocycles. The van der Waals surface area contributed by atoms with Gasteiger partial charge in [0.25, 0.3) is 0 Å². The van der Waals surface area contributed by atoms with Gasteiger partial charge in [-0.15, -0.1) is 0 Å². The molecule has 208 valence electrons. The van der Waals surface area contributed by atoms with Crippen molar-refractivity contribution in [3.05, 3.63) is 57.6 Å². The van der Waals surface area contributed by atoms with E-state index in [0.29, 0.717) is 29.7 Å². The molecule has 0 radical (unpaired) electrons. The molecule has 39 heavy (non-hydrogen) atoms. The number of benzene rings is 2. The van der Waals surface area contributed by atoms with Crippen LogP contribution in [-0.2, 0) is 20.6 Å². The third-order valence-corrected chi connectivity index (χ3v) is 6.04. The maximum Gasteiger partial charge on any atom is 0.342 e. The Balaban J connectivity index is 1.85. The first-order chi connectivity index (χ1) is 18.6. The van der Waals surface area contributed by atoms with Crippen LogP contribution < -0.4 is 19.6 Å². The molecule has 0 atom stereocenters. The number of hydrogen-bond acceptors (Lipinski definition) is 10. The minimum Gasteiger partial charge on any atom is -0.507 e. The van der Waals surface area contributed by atoms with Crippen molar-refractivity contribution in [1.82, 2.24) is 0 Å². The van der Waals surface area contributed by atoms with Gasteiger partial charge in [0.15, 0.2) is 22.7 Å². The van der Waals surface area contributed by atoms with Crippen LogP contribution in [0.5, 0.6) is 23.0 Å². The van der Waals surface area contributed by atoms with Gasteiger partial charge in [0.2, 0.25) is 5.79 Å². The molecule has 10 nitrogen and oxygen atoms in total. The predicted octanol–water partition coefficient (Wildman–Crippen LogP) is 5.32. The molecule has 0 saturated carbocycles. The Kier molecular flexibility index (Phi) is 7.94. The van der Waals surface area contributed by atoms with Gasteiger partial charge in [0, 0.05) is 37.6 Å². The first-order valence-electron chi connectivity index (χ1n) is 12.6. The predicted molar refractivity (Wildman–Crippen MR) is 142 cm³/mol. The lowest BCUT2D eigenvalue weighted by Crippen LogP contribution is -2.21. The Morgan fingerprint density at radius 2 is 1.85 bits per heavy atom. The number of aromatic hydroxyl groups is 1. The minimum atomic E-state index is -0.788. The van der Waals surface area contributed by atoms with Crippen LogP contribution in [0.1, 0.15) is 50.0 Å². The highest BCUT2D eigenvalue weighted by atomic mass is 16.7. The number of carbonyl (C=O) groups is 1. The quantitative estimate of drug-likeness (QED) is 0.338. The van der Waals surface area contributed by atoms with Crippen molar-refractivity contribution >= 4 is 16.9 Å². The number of phenolic OH excluding ortho intramolecular Hbond substituents is 1. The lowest BCUT2D eigenvalue weighted by Gasteiger charge is -2.19. The van der Waals surface area contributed by atoms with Crippen LogP contribution in [0.15, 0.2) is 45.5 Å². The van der Waals surface area contributed by atoms with Crippen LogP contribution in [-0.4, -0.2) is 44.3 Å². The number of esters is 1. The van der Waals surface area contributed by atoms with Crippen molar-refractivity contribution in [2.75, 3.05) is 27.4 Å². The topological polar surface area (TPSA) is 123 Å². The number of phenols is 1. The first-order valence-corrected chi connectivity index (χ1v) is 12.6. The van der Waals surface area contributed by atoms with Gasteiger partial charge >= 0.3 is 5.97 Å². The zero-order chi connectivity index (χ0) is 28.3. The lowest BCUT2D eigenvalue weighted by atomic mass is 9.93. The third kappa shape index (κ3) is 5.59. The Morgan fingerprint density at radius 3 is 2.46 bits per heavy atom. The zero-order valence-corrected chi connectivity index (χ0v) is 22.8. The summed E-state index contributed by atoms with van der Waals surface area (Å²) in [5.74, 6) is -0.263. The van der Waals surface area contributed by atoms with Gasteiger partial charge in [0.1, 0.15) is 46.7 Å². The Bertz CT molecular complexity index is 1480. The summed E-state index contributed by atoms with van der Waals surface area (Å²) in [5, 5.41) is 10.6. The molecular weight excluding hydrogens is 508 g/mol. The molecule has 1 aliphatic rings. The number of carbonyl (C=O) groups excluding carboxylic acids is 1. The van der Waals surface area contributed by atoms with Gasteiger partial charge in [-0.1, -0.05) is 13.3 Å². The fourth-order valence-corrected chi connectivity index (χ4v) is 4.43. The smallest absolute Gasteiger partial charge is 0.342 e. The van der Waals surface area contributed by atoms with Crippen LogP contribution in [0.2, 0.25) is 0 Å². The second-order valence-corrected chi connectivity index (χ2v) is 9.27. The van der Waals surface area contributed by atoms with Crippen LogP contribution >= 0.6 is 0 Å². The average molecular weight is 541 g/mol. The van der Waals surface area contributed by atoms with E-state index in [0.717, 1.165) is 0 Å². The highest BCUT2D eigenvalue weighted by molar-refractivity contribution is 5.98. The third-order valence-electron chi connectivity index (χ3n) is 6.04. The minimum absolute atomic E-state index is 0.00460. The van der Waals surface area contributed by atoms with Crippen LogP contribution in [0.4, 0.5) is 0 Å². The fraction of sp³-hybridized carbons (Fsp3) is 0.379. The molecule has 0 amide bonds. The molecule has 2 aromatic carbocycles. The summed E-state index contributed by atoms with van der Waals surface area (Å²) in [6.07, 6.45) is 2.62. The summed E-state index contributed by atoms with van der Waals surface area (Å²) in [5.41, 5.74) is 0.877. The maximum absolute atomic E-state index is 13.2.